The zero-order valence-corrected chi connectivity index (χ0v) is 44.1. The molecule has 3 N–H and O–H groups in total. The normalized spacial score (nSPS) is 18.5. The van der Waals surface area contributed by atoms with Crippen LogP contribution in [0.5, 0.6) is 6.01 Å². The Hall–Kier alpha value is -7.55. The largest absolute Gasteiger partial charge is 0.464 e. The molecule has 0 saturated carbocycles. The lowest BCUT2D eigenvalue weighted by molar-refractivity contribution is -0.275. The van der Waals surface area contributed by atoms with Crippen molar-refractivity contribution in [3.05, 3.63) is 179 Å². The highest BCUT2D eigenvalue weighted by atomic mass is 16.6. The number of rotatable bonds is 27. The molecule has 1 fully saturated rings. The molecule has 0 spiro atoms. The highest BCUT2D eigenvalue weighted by molar-refractivity contribution is 5.93. The lowest BCUT2D eigenvalue weighted by Gasteiger charge is -2.46. The summed E-state index contributed by atoms with van der Waals surface area (Å²) >= 11 is 0. The number of carbonyl (C=O) groups excluding carboxylic acids is 4. The molecule has 8 atom stereocenters. The summed E-state index contributed by atoms with van der Waals surface area (Å²) in [5.41, 5.74) is 3.67. The van der Waals surface area contributed by atoms with Gasteiger partial charge in [-0.1, -0.05) is 157 Å². The van der Waals surface area contributed by atoms with E-state index in [0.717, 1.165) is 27.8 Å². The minimum atomic E-state index is -1.47. The van der Waals surface area contributed by atoms with Crippen LogP contribution in [0.4, 0.5) is 4.79 Å². The SMILES string of the molecule is CCOC(=O)[C@H](Cc1ccccc1)NC(=O)[C@H](COc1nnnn1C[C@@H]1O[C@H](COCc2ccccc2)[C@H](OCc2ccccc2)[C@H](OCc2ccccc2)[C@H]1OCc1ccccc1)NC(=O)[C@H](C)NC(=O)OC(C)(C)C. The average Bonchev–Trinajstić information content (AvgIpc) is 3.88. The summed E-state index contributed by atoms with van der Waals surface area (Å²) in [5.74, 6) is -2.23. The van der Waals surface area contributed by atoms with Gasteiger partial charge in [-0.05, 0) is 72.9 Å². The number of ether oxygens (including phenoxy) is 8. The second-order valence-corrected chi connectivity index (χ2v) is 19.4. The Kier molecular flexibility index (Phi) is 21.6. The number of nitrogens with zero attached hydrogens (tertiary/aromatic N) is 4. The zero-order chi connectivity index (χ0) is 54.4. The average molecular weight is 1060 g/mol. The summed E-state index contributed by atoms with van der Waals surface area (Å²) in [6.07, 6.45) is -4.60. The molecule has 2 heterocycles. The third-order valence-electron chi connectivity index (χ3n) is 12.1. The van der Waals surface area contributed by atoms with E-state index in [-0.39, 0.29) is 52.0 Å². The van der Waals surface area contributed by atoms with Crippen molar-refractivity contribution < 1.29 is 57.1 Å². The van der Waals surface area contributed by atoms with Crippen LogP contribution in [0.2, 0.25) is 0 Å². The van der Waals surface area contributed by atoms with E-state index < -0.39 is 84.7 Å². The van der Waals surface area contributed by atoms with E-state index in [9.17, 15) is 19.2 Å². The number of alkyl carbamates (subject to hydrolysis) is 1. The van der Waals surface area contributed by atoms with Gasteiger partial charge < -0.3 is 53.8 Å². The van der Waals surface area contributed by atoms with Gasteiger partial charge in [-0.15, -0.1) is 0 Å². The molecule has 0 aliphatic carbocycles. The lowest BCUT2D eigenvalue weighted by atomic mass is 9.93. The predicted octanol–water partition coefficient (Wildman–Crippen LogP) is 6.48. The second-order valence-electron chi connectivity index (χ2n) is 19.4. The van der Waals surface area contributed by atoms with Gasteiger partial charge in [-0.2, -0.15) is 4.68 Å². The molecule has 0 unspecified atom stereocenters. The van der Waals surface area contributed by atoms with Crippen molar-refractivity contribution in [1.29, 1.82) is 0 Å². The number of aromatic nitrogens is 4. The van der Waals surface area contributed by atoms with E-state index in [1.165, 1.54) is 11.6 Å². The molecule has 19 nitrogen and oxygen atoms in total. The van der Waals surface area contributed by atoms with Crippen molar-refractivity contribution >= 4 is 23.9 Å². The molecule has 0 bridgehead atoms. The summed E-state index contributed by atoms with van der Waals surface area (Å²) in [7, 11) is 0. The van der Waals surface area contributed by atoms with Gasteiger partial charge in [0.25, 0.3) is 0 Å². The molecule has 408 valence electrons. The van der Waals surface area contributed by atoms with Gasteiger partial charge in [0.2, 0.25) is 11.8 Å². The quantitative estimate of drug-likeness (QED) is 0.0470. The molecule has 0 radical (unpaired) electrons. The molecule has 1 aliphatic rings. The third kappa shape index (κ3) is 18.3. The van der Waals surface area contributed by atoms with E-state index in [0.29, 0.717) is 6.61 Å². The minimum absolute atomic E-state index is 0.0599. The first-order chi connectivity index (χ1) is 37.3. The van der Waals surface area contributed by atoms with Crippen molar-refractivity contribution in [2.24, 2.45) is 0 Å². The highest BCUT2D eigenvalue weighted by Crippen LogP contribution is 2.32. The van der Waals surface area contributed by atoms with Gasteiger partial charge in [-0.3, -0.25) is 9.59 Å². The maximum Gasteiger partial charge on any atom is 0.408 e. The van der Waals surface area contributed by atoms with Crippen LogP contribution >= 0.6 is 0 Å². The number of hydrogen-bond acceptors (Lipinski definition) is 15. The highest BCUT2D eigenvalue weighted by Gasteiger charge is 2.49. The monoisotopic (exact) mass is 1060 g/mol. The number of tetrazole rings is 1. The summed E-state index contributed by atoms with van der Waals surface area (Å²) in [4.78, 5) is 54.1. The predicted molar refractivity (Wildman–Crippen MR) is 283 cm³/mol. The molecule has 7 rings (SSSR count). The number of benzene rings is 5. The van der Waals surface area contributed by atoms with Crippen molar-refractivity contribution in [1.82, 2.24) is 36.2 Å². The minimum Gasteiger partial charge on any atom is -0.464 e. The Labute approximate surface area is 449 Å². The maximum absolute atomic E-state index is 14.3. The molecule has 1 saturated heterocycles. The Morgan fingerprint density at radius 3 is 1.61 bits per heavy atom. The number of carbonyl (C=O) groups is 4. The number of amides is 3. The molecule has 6 aromatic rings. The van der Waals surface area contributed by atoms with Crippen LogP contribution in [0, 0.1) is 0 Å². The Balaban J connectivity index is 1.18. The van der Waals surface area contributed by atoms with Crippen LogP contribution in [0.25, 0.3) is 0 Å². The summed E-state index contributed by atoms with van der Waals surface area (Å²) in [6, 6.07) is 44.3. The Morgan fingerprint density at radius 2 is 1.09 bits per heavy atom. The van der Waals surface area contributed by atoms with Gasteiger partial charge in [0, 0.05) is 6.42 Å². The molecule has 3 amide bonds. The third-order valence-corrected chi connectivity index (χ3v) is 12.1. The molecule has 5 aromatic carbocycles. The van der Waals surface area contributed by atoms with E-state index in [1.807, 2.05) is 152 Å². The zero-order valence-electron chi connectivity index (χ0n) is 44.1. The molecule has 77 heavy (non-hydrogen) atoms. The first kappa shape index (κ1) is 57.2. The van der Waals surface area contributed by atoms with Crippen LogP contribution in [0.1, 0.15) is 62.4 Å². The van der Waals surface area contributed by atoms with E-state index in [4.69, 9.17) is 37.9 Å². The molecular weight excluding hydrogens is 987 g/mol. The summed E-state index contributed by atoms with van der Waals surface area (Å²) in [6.45, 7) is 8.67. The van der Waals surface area contributed by atoms with Gasteiger partial charge in [-0.25, -0.2) is 9.59 Å². The first-order valence-corrected chi connectivity index (χ1v) is 25.7. The summed E-state index contributed by atoms with van der Waals surface area (Å²) < 4.78 is 52.3. The van der Waals surface area contributed by atoms with Crippen LogP contribution in [0.3, 0.4) is 0 Å². The van der Waals surface area contributed by atoms with Gasteiger partial charge >= 0.3 is 18.1 Å². The van der Waals surface area contributed by atoms with Crippen LogP contribution in [0.15, 0.2) is 152 Å². The van der Waals surface area contributed by atoms with Gasteiger partial charge in [0.1, 0.15) is 60.9 Å². The van der Waals surface area contributed by atoms with E-state index in [2.05, 4.69) is 31.5 Å². The lowest BCUT2D eigenvalue weighted by Crippen LogP contribution is -2.62. The van der Waals surface area contributed by atoms with E-state index >= 15 is 0 Å². The fourth-order valence-electron chi connectivity index (χ4n) is 8.36. The number of nitrogens with one attached hydrogen (secondary N) is 3. The molecule has 1 aliphatic heterocycles. The van der Waals surface area contributed by atoms with E-state index in [1.54, 1.807) is 27.7 Å². The smallest absolute Gasteiger partial charge is 0.408 e. The van der Waals surface area contributed by atoms with Crippen LogP contribution in [-0.4, -0.2) is 118 Å². The van der Waals surface area contributed by atoms with Gasteiger partial charge in [0.15, 0.2) is 0 Å². The second kappa shape index (κ2) is 29.1. The molecule has 1 aromatic heterocycles. The van der Waals surface area contributed by atoms with Crippen molar-refractivity contribution in [2.45, 2.75) is 128 Å². The molecular formula is C58H69N7O12. The van der Waals surface area contributed by atoms with Crippen molar-refractivity contribution in [2.75, 3.05) is 19.8 Å². The Morgan fingerprint density at radius 1 is 0.610 bits per heavy atom. The maximum atomic E-state index is 14.3. The number of esters is 1. The fraction of sp³-hybridized carbons (Fsp3) is 0.397. The van der Waals surface area contributed by atoms with Crippen LogP contribution < -0.4 is 20.7 Å². The topological polar surface area (TPSA) is 222 Å². The molecule has 19 heteroatoms. The van der Waals surface area contributed by atoms with Gasteiger partial charge in [0.05, 0.1) is 46.2 Å². The first-order valence-electron chi connectivity index (χ1n) is 25.7. The van der Waals surface area contributed by atoms with Crippen molar-refractivity contribution in [3.63, 3.8) is 0 Å². The number of hydrogen-bond donors (Lipinski definition) is 3. The van der Waals surface area contributed by atoms with Crippen molar-refractivity contribution in [3.8, 4) is 6.01 Å². The fourth-order valence-corrected chi connectivity index (χ4v) is 8.36. The summed E-state index contributed by atoms with van der Waals surface area (Å²) in [5, 5.41) is 20.3. The standard InChI is InChI=1S/C58H69N7O12/c1-6-71-55(68)46(32-41-22-12-7-13-23-41)60-54(67)47(61-53(66)40(2)59-57(69)77-58(3,4)5)38-75-56-62-63-64-65(56)33-48-50(72-35-43-26-16-9-17-27-43)52(74-37-45-30-20-11-21-31-45)51(73-36-44-28-18-10-19-29-44)49(76-48)39-70-34-42-24-14-8-15-25-42/h7-31,40,46-52H,6,32-39H2,1-5H3,(H,59,69)(H,60,67)(H,61,66)/t40-,46-,47-,48-,49+,50-,51-,52+/m0/s1. The van der Waals surface area contributed by atoms with Crippen LogP contribution in [-0.2, 0) is 86.9 Å². The Bertz CT molecular complexity index is 2720.